The van der Waals surface area contributed by atoms with E-state index in [0.717, 1.165) is 17.7 Å². The monoisotopic (exact) mass is 426 g/mol. The Bertz CT molecular complexity index is 1100. The van der Waals surface area contributed by atoms with E-state index in [4.69, 9.17) is 9.47 Å². The van der Waals surface area contributed by atoms with Crippen LogP contribution in [0.15, 0.2) is 48.8 Å². The van der Waals surface area contributed by atoms with Crippen molar-refractivity contribution >= 4 is 5.91 Å². The second-order valence-electron chi connectivity index (χ2n) is 7.56. The van der Waals surface area contributed by atoms with Gasteiger partial charge in [0.15, 0.2) is 23.1 Å². The molecule has 2 aliphatic heterocycles. The molecule has 0 atom stereocenters. The maximum atomic E-state index is 13.9. The Morgan fingerprint density at radius 3 is 2.35 bits per heavy atom. The van der Waals surface area contributed by atoms with E-state index < -0.39 is 17.4 Å². The zero-order valence-electron chi connectivity index (χ0n) is 16.6. The fraction of sp³-hybridized carbons (Fsp3) is 0.318. The maximum Gasteiger partial charge on any atom is 0.274 e. The predicted molar refractivity (Wildman–Crippen MR) is 106 cm³/mol. The van der Waals surface area contributed by atoms with Gasteiger partial charge >= 0.3 is 0 Å². The first-order valence-corrected chi connectivity index (χ1v) is 10.1. The van der Waals surface area contributed by atoms with Gasteiger partial charge in [-0.05, 0) is 30.3 Å². The minimum Gasteiger partial charge on any atom is -0.347 e. The molecule has 4 heterocycles. The number of likely N-dealkylation sites (tertiary alicyclic amines) is 1. The highest BCUT2D eigenvalue weighted by molar-refractivity contribution is 5.93. The lowest BCUT2D eigenvalue weighted by Crippen LogP contribution is -2.47. The van der Waals surface area contributed by atoms with E-state index in [9.17, 15) is 13.6 Å². The summed E-state index contributed by atoms with van der Waals surface area (Å²) in [5.41, 5.74) is 1.86. The van der Waals surface area contributed by atoms with Crippen LogP contribution in [0.5, 0.6) is 0 Å². The van der Waals surface area contributed by atoms with Crippen LogP contribution in [-0.4, -0.2) is 57.7 Å². The van der Waals surface area contributed by atoms with Crippen molar-refractivity contribution in [1.82, 2.24) is 19.7 Å². The number of ether oxygens (including phenoxy) is 2. The van der Waals surface area contributed by atoms with Crippen LogP contribution in [0.4, 0.5) is 8.78 Å². The number of carbonyl (C=O) groups excluding carboxylic acids is 1. The van der Waals surface area contributed by atoms with Crippen molar-refractivity contribution in [2.45, 2.75) is 18.6 Å². The standard InChI is InChI=1S/C22H20F2N4O3/c23-17-2-1-16(13-18(17)24)28-20(15-3-7-25-8-4-15)14-19(26-28)21(29)27-9-5-22(6-10-27)30-11-12-31-22/h1-4,7-8,13-14H,5-6,9-12H2. The first kappa shape index (κ1) is 19.8. The Balaban J connectivity index is 1.47. The highest BCUT2D eigenvalue weighted by atomic mass is 19.2. The third kappa shape index (κ3) is 3.70. The van der Waals surface area contributed by atoms with Crippen LogP contribution in [0.2, 0.25) is 0 Å². The molecule has 0 N–H and O–H groups in total. The highest BCUT2D eigenvalue weighted by Crippen LogP contribution is 2.32. The molecule has 0 radical (unpaired) electrons. The number of carbonyl (C=O) groups is 1. The Hall–Kier alpha value is -3.17. The topological polar surface area (TPSA) is 69.5 Å². The van der Waals surface area contributed by atoms with Gasteiger partial charge in [0.05, 0.1) is 24.6 Å². The van der Waals surface area contributed by atoms with Gasteiger partial charge in [-0.15, -0.1) is 0 Å². The summed E-state index contributed by atoms with van der Waals surface area (Å²) in [6, 6.07) is 8.70. The molecular weight excluding hydrogens is 406 g/mol. The predicted octanol–water partition coefficient (Wildman–Crippen LogP) is 3.19. The molecule has 2 aromatic heterocycles. The fourth-order valence-corrected chi connectivity index (χ4v) is 4.03. The zero-order chi connectivity index (χ0) is 21.4. The van der Waals surface area contributed by atoms with Gasteiger partial charge in [0, 0.05) is 50.0 Å². The van der Waals surface area contributed by atoms with Crippen molar-refractivity contribution in [2.24, 2.45) is 0 Å². The van der Waals surface area contributed by atoms with Crippen molar-refractivity contribution in [1.29, 1.82) is 0 Å². The number of rotatable bonds is 3. The SMILES string of the molecule is O=C(c1cc(-c2ccncc2)n(-c2ccc(F)c(F)c2)n1)N1CCC2(CC1)OCCO2. The Morgan fingerprint density at radius 2 is 1.68 bits per heavy atom. The third-order valence-corrected chi connectivity index (χ3v) is 5.68. The van der Waals surface area contributed by atoms with Gasteiger partial charge < -0.3 is 14.4 Å². The van der Waals surface area contributed by atoms with E-state index in [1.165, 1.54) is 10.7 Å². The molecule has 3 aromatic rings. The Kier molecular flexibility index (Phi) is 4.99. The minimum absolute atomic E-state index is 0.223. The lowest BCUT2D eigenvalue weighted by molar-refractivity contribution is -0.181. The zero-order valence-corrected chi connectivity index (χ0v) is 16.6. The number of benzene rings is 1. The summed E-state index contributed by atoms with van der Waals surface area (Å²) < 4.78 is 40.2. The van der Waals surface area contributed by atoms with Gasteiger partial charge in [0.2, 0.25) is 0 Å². The smallest absolute Gasteiger partial charge is 0.274 e. The second kappa shape index (κ2) is 7.82. The number of nitrogens with zero attached hydrogens (tertiary/aromatic N) is 4. The molecule has 160 valence electrons. The average molecular weight is 426 g/mol. The van der Waals surface area contributed by atoms with Crippen LogP contribution in [0, 0.1) is 11.6 Å². The number of halogens is 2. The molecule has 0 bridgehead atoms. The molecule has 5 rings (SSSR count). The summed E-state index contributed by atoms with van der Waals surface area (Å²) in [6.07, 6.45) is 4.43. The van der Waals surface area contributed by atoms with Crippen molar-refractivity contribution in [3.8, 4) is 16.9 Å². The second-order valence-corrected chi connectivity index (χ2v) is 7.56. The number of hydrogen-bond acceptors (Lipinski definition) is 5. The first-order chi connectivity index (χ1) is 15.0. The van der Waals surface area contributed by atoms with Gasteiger partial charge in [-0.1, -0.05) is 0 Å². The largest absolute Gasteiger partial charge is 0.347 e. The van der Waals surface area contributed by atoms with E-state index in [1.54, 1.807) is 35.5 Å². The van der Waals surface area contributed by atoms with E-state index in [0.29, 0.717) is 50.5 Å². The van der Waals surface area contributed by atoms with Crippen LogP contribution in [-0.2, 0) is 9.47 Å². The molecule has 0 aliphatic carbocycles. The number of piperidine rings is 1. The summed E-state index contributed by atoms with van der Waals surface area (Å²) in [6.45, 7) is 2.12. The molecule has 31 heavy (non-hydrogen) atoms. The van der Waals surface area contributed by atoms with Crippen molar-refractivity contribution < 1.29 is 23.0 Å². The highest BCUT2D eigenvalue weighted by Gasteiger charge is 2.41. The molecule has 1 aromatic carbocycles. The van der Waals surface area contributed by atoms with Gasteiger partial charge in [-0.2, -0.15) is 5.10 Å². The van der Waals surface area contributed by atoms with E-state index in [2.05, 4.69) is 10.1 Å². The molecular formula is C22H20F2N4O3. The van der Waals surface area contributed by atoms with Crippen molar-refractivity contribution in [2.75, 3.05) is 26.3 Å². The normalized spacial score (nSPS) is 17.9. The molecule has 2 saturated heterocycles. The van der Waals surface area contributed by atoms with Crippen LogP contribution < -0.4 is 0 Å². The summed E-state index contributed by atoms with van der Waals surface area (Å²) in [5, 5.41) is 4.45. The van der Waals surface area contributed by atoms with Crippen LogP contribution in [0.25, 0.3) is 16.9 Å². The maximum absolute atomic E-state index is 13.9. The van der Waals surface area contributed by atoms with E-state index >= 15 is 0 Å². The Labute approximate surface area is 177 Å². The molecule has 0 unspecified atom stereocenters. The fourth-order valence-electron chi connectivity index (χ4n) is 4.03. The molecule has 2 fully saturated rings. The van der Waals surface area contributed by atoms with Gasteiger partial charge in [0.25, 0.3) is 5.91 Å². The van der Waals surface area contributed by atoms with Crippen LogP contribution >= 0.6 is 0 Å². The van der Waals surface area contributed by atoms with Gasteiger partial charge in [0.1, 0.15) is 0 Å². The number of amides is 1. The summed E-state index contributed by atoms with van der Waals surface area (Å²) in [4.78, 5) is 18.9. The van der Waals surface area contributed by atoms with Gasteiger partial charge in [-0.25, -0.2) is 13.5 Å². The van der Waals surface area contributed by atoms with Crippen LogP contribution in [0.1, 0.15) is 23.3 Å². The summed E-state index contributed by atoms with van der Waals surface area (Å²) in [5.74, 6) is -2.75. The number of hydrogen-bond donors (Lipinski definition) is 0. The molecule has 7 nitrogen and oxygen atoms in total. The van der Waals surface area contributed by atoms with Crippen LogP contribution in [0.3, 0.4) is 0 Å². The lowest BCUT2D eigenvalue weighted by atomic mass is 10.0. The number of pyridine rings is 1. The molecule has 1 amide bonds. The molecule has 1 spiro atoms. The quantitative estimate of drug-likeness (QED) is 0.644. The molecule has 2 aliphatic rings. The van der Waals surface area contributed by atoms with Crippen molar-refractivity contribution in [3.05, 3.63) is 66.1 Å². The number of aromatic nitrogens is 3. The summed E-state index contributed by atoms with van der Waals surface area (Å²) >= 11 is 0. The average Bonchev–Trinajstić information content (AvgIpc) is 3.44. The third-order valence-electron chi connectivity index (χ3n) is 5.68. The van der Waals surface area contributed by atoms with E-state index in [1.807, 2.05) is 0 Å². The lowest BCUT2D eigenvalue weighted by Gasteiger charge is -2.37. The van der Waals surface area contributed by atoms with E-state index in [-0.39, 0.29) is 11.6 Å². The van der Waals surface area contributed by atoms with Gasteiger partial charge in [-0.3, -0.25) is 9.78 Å². The molecule has 0 saturated carbocycles. The van der Waals surface area contributed by atoms with Crippen molar-refractivity contribution in [3.63, 3.8) is 0 Å². The minimum atomic E-state index is -0.987. The summed E-state index contributed by atoms with van der Waals surface area (Å²) in [7, 11) is 0. The molecule has 9 heteroatoms. The first-order valence-electron chi connectivity index (χ1n) is 10.1. The Morgan fingerprint density at radius 1 is 0.968 bits per heavy atom.